The Labute approximate surface area is 103 Å². The number of rotatable bonds is 4. The predicted molar refractivity (Wildman–Crippen MR) is 69.4 cm³/mol. The summed E-state index contributed by atoms with van der Waals surface area (Å²) in [6.45, 7) is 0.271. The van der Waals surface area contributed by atoms with Crippen LogP contribution in [0.5, 0.6) is 0 Å². The summed E-state index contributed by atoms with van der Waals surface area (Å²) in [6, 6.07) is 8.71. The molecule has 94 valence electrons. The molecular formula is C12H14N4O2. The summed E-state index contributed by atoms with van der Waals surface area (Å²) in [5, 5.41) is 10.8. The number of hydrogen-bond acceptors (Lipinski definition) is 3. The molecule has 0 spiro atoms. The third-order valence-corrected chi connectivity index (χ3v) is 2.41. The van der Waals surface area contributed by atoms with E-state index in [1.807, 2.05) is 12.1 Å². The molecule has 1 aromatic carbocycles. The fourth-order valence-corrected chi connectivity index (χ4v) is 1.59. The summed E-state index contributed by atoms with van der Waals surface area (Å²) in [5.41, 5.74) is 2.14. The molecule has 4 N–H and O–H groups in total. The minimum Gasteiger partial charge on any atom is -0.325 e. The maximum Gasteiger partial charge on any atom is 0.264 e. The number of H-pyrrole nitrogens is 2. The SMILES string of the molecule is CNCC(=O)Nc1ccc(-c2cc(=O)[nH][nH]2)cc1. The number of carbonyl (C=O) groups is 1. The van der Waals surface area contributed by atoms with Crippen LogP contribution in [-0.4, -0.2) is 29.7 Å². The van der Waals surface area contributed by atoms with Gasteiger partial charge in [0.25, 0.3) is 5.56 Å². The molecule has 18 heavy (non-hydrogen) atoms. The van der Waals surface area contributed by atoms with Crippen molar-refractivity contribution in [2.45, 2.75) is 0 Å². The maximum atomic E-state index is 11.3. The zero-order valence-corrected chi connectivity index (χ0v) is 9.91. The Balaban J connectivity index is 2.10. The lowest BCUT2D eigenvalue weighted by molar-refractivity contribution is -0.115. The van der Waals surface area contributed by atoms with Gasteiger partial charge in [0.1, 0.15) is 0 Å². The van der Waals surface area contributed by atoms with Crippen molar-refractivity contribution in [1.82, 2.24) is 15.5 Å². The summed E-state index contributed by atoms with van der Waals surface area (Å²) in [6.07, 6.45) is 0. The van der Waals surface area contributed by atoms with Gasteiger partial charge in [-0.15, -0.1) is 0 Å². The van der Waals surface area contributed by atoms with Crippen LogP contribution in [0.1, 0.15) is 0 Å². The van der Waals surface area contributed by atoms with Crippen LogP contribution in [-0.2, 0) is 4.79 Å². The number of nitrogens with one attached hydrogen (secondary N) is 4. The first kappa shape index (κ1) is 12.1. The van der Waals surface area contributed by atoms with Gasteiger partial charge in [0.05, 0.1) is 12.2 Å². The van der Waals surface area contributed by atoms with E-state index in [1.165, 1.54) is 6.07 Å². The molecule has 1 aromatic heterocycles. The molecule has 0 aliphatic rings. The number of benzene rings is 1. The molecule has 0 atom stereocenters. The number of anilines is 1. The molecule has 0 radical (unpaired) electrons. The van der Waals surface area contributed by atoms with Crippen molar-refractivity contribution in [1.29, 1.82) is 0 Å². The summed E-state index contributed by atoms with van der Waals surface area (Å²) in [4.78, 5) is 22.3. The van der Waals surface area contributed by atoms with Gasteiger partial charge in [-0.3, -0.25) is 19.8 Å². The van der Waals surface area contributed by atoms with Crippen molar-refractivity contribution in [2.24, 2.45) is 0 Å². The fourth-order valence-electron chi connectivity index (χ4n) is 1.59. The maximum absolute atomic E-state index is 11.3. The summed E-state index contributed by atoms with van der Waals surface area (Å²) in [5.74, 6) is -0.0969. The van der Waals surface area contributed by atoms with Crippen molar-refractivity contribution in [3.05, 3.63) is 40.7 Å². The first-order chi connectivity index (χ1) is 8.69. The number of carbonyl (C=O) groups excluding carboxylic acids is 1. The van der Waals surface area contributed by atoms with Crippen molar-refractivity contribution >= 4 is 11.6 Å². The zero-order chi connectivity index (χ0) is 13.0. The van der Waals surface area contributed by atoms with Crippen molar-refractivity contribution in [3.63, 3.8) is 0 Å². The van der Waals surface area contributed by atoms with Crippen LogP contribution < -0.4 is 16.2 Å². The third kappa shape index (κ3) is 2.86. The third-order valence-electron chi connectivity index (χ3n) is 2.41. The van der Waals surface area contributed by atoms with Gasteiger partial charge in [0, 0.05) is 11.8 Å². The zero-order valence-electron chi connectivity index (χ0n) is 9.91. The van der Waals surface area contributed by atoms with Crippen LogP contribution in [0.15, 0.2) is 35.1 Å². The Hall–Kier alpha value is -2.34. The highest BCUT2D eigenvalue weighted by Gasteiger charge is 2.03. The van der Waals surface area contributed by atoms with Crippen molar-refractivity contribution < 1.29 is 4.79 Å². The van der Waals surface area contributed by atoms with Gasteiger partial charge in [-0.1, -0.05) is 12.1 Å². The molecule has 6 nitrogen and oxygen atoms in total. The van der Waals surface area contributed by atoms with Crippen LogP contribution in [0.3, 0.4) is 0 Å². The van der Waals surface area contributed by atoms with Gasteiger partial charge >= 0.3 is 0 Å². The standard InChI is InChI=1S/C12H14N4O2/c1-13-7-12(18)14-9-4-2-8(3-5-9)10-6-11(17)16-15-10/h2-6,13H,7H2,1H3,(H,14,18)(H2,15,16,17). The van der Waals surface area contributed by atoms with Crippen LogP contribution in [0.4, 0.5) is 5.69 Å². The Morgan fingerprint density at radius 2 is 1.94 bits per heavy atom. The second-order valence-electron chi connectivity index (χ2n) is 3.83. The molecular weight excluding hydrogens is 232 g/mol. The second kappa shape index (κ2) is 5.33. The summed E-state index contributed by atoms with van der Waals surface area (Å²) >= 11 is 0. The first-order valence-electron chi connectivity index (χ1n) is 5.51. The molecule has 2 rings (SSSR count). The number of aromatic nitrogens is 2. The number of amides is 1. The van der Waals surface area contributed by atoms with Gasteiger partial charge in [0.2, 0.25) is 5.91 Å². The normalized spacial score (nSPS) is 10.3. The highest BCUT2D eigenvalue weighted by atomic mass is 16.2. The van der Waals surface area contributed by atoms with E-state index in [-0.39, 0.29) is 18.0 Å². The summed E-state index contributed by atoms with van der Waals surface area (Å²) < 4.78 is 0. The number of likely N-dealkylation sites (N-methyl/N-ethyl adjacent to an activating group) is 1. The van der Waals surface area contributed by atoms with Crippen molar-refractivity contribution in [3.8, 4) is 11.3 Å². The van der Waals surface area contributed by atoms with Crippen LogP contribution in [0, 0.1) is 0 Å². The Bertz CT molecular complexity index is 583. The van der Waals surface area contributed by atoms with Gasteiger partial charge < -0.3 is 10.6 Å². The largest absolute Gasteiger partial charge is 0.325 e. The molecule has 0 saturated heterocycles. The molecule has 0 aliphatic heterocycles. The molecule has 0 bridgehead atoms. The molecule has 2 aromatic rings. The Morgan fingerprint density at radius 1 is 1.22 bits per heavy atom. The van der Waals surface area contributed by atoms with E-state index in [0.29, 0.717) is 5.69 Å². The molecule has 1 heterocycles. The monoisotopic (exact) mass is 246 g/mol. The Kier molecular flexibility index (Phi) is 3.59. The number of aromatic amines is 2. The summed E-state index contributed by atoms with van der Waals surface area (Å²) in [7, 11) is 1.71. The minimum atomic E-state index is -0.170. The van der Waals surface area contributed by atoms with E-state index in [0.717, 1.165) is 11.3 Å². The van der Waals surface area contributed by atoms with E-state index < -0.39 is 0 Å². The van der Waals surface area contributed by atoms with E-state index in [9.17, 15) is 9.59 Å². The topological polar surface area (TPSA) is 89.8 Å². The van der Waals surface area contributed by atoms with E-state index in [1.54, 1.807) is 19.2 Å². The van der Waals surface area contributed by atoms with Gasteiger partial charge in [-0.2, -0.15) is 0 Å². The van der Waals surface area contributed by atoms with Gasteiger partial charge in [-0.05, 0) is 24.7 Å². The van der Waals surface area contributed by atoms with Crippen LogP contribution in [0.25, 0.3) is 11.3 Å². The van der Waals surface area contributed by atoms with E-state index in [2.05, 4.69) is 20.8 Å². The molecule has 0 aliphatic carbocycles. The first-order valence-corrected chi connectivity index (χ1v) is 5.51. The highest BCUT2D eigenvalue weighted by molar-refractivity contribution is 5.92. The fraction of sp³-hybridized carbons (Fsp3) is 0.167. The van der Waals surface area contributed by atoms with Gasteiger partial charge in [-0.25, -0.2) is 0 Å². The quantitative estimate of drug-likeness (QED) is 0.634. The molecule has 1 amide bonds. The average Bonchev–Trinajstić information content (AvgIpc) is 2.77. The second-order valence-corrected chi connectivity index (χ2v) is 3.83. The highest BCUT2D eigenvalue weighted by Crippen LogP contribution is 2.17. The minimum absolute atomic E-state index is 0.0969. The van der Waals surface area contributed by atoms with Gasteiger partial charge in [0.15, 0.2) is 0 Å². The van der Waals surface area contributed by atoms with E-state index in [4.69, 9.17) is 0 Å². The van der Waals surface area contributed by atoms with Crippen LogP contribution in [0.2, 0.25) is 0 Å². The van der Waals surface area contributed by atoms with E-state index >= 15 is 0 Å². The molecule has 6 heteroatoms. The molecule has 0 saturated carbocycles. The van der Waals surface area contributed by atoms with Crippen molar-refractivity contribution in [2.75, 3.05) is 18.9 Å². The van der Waals surface area contributed by atoms with Crippen LogP contribution >= 0.6 is 0 Å². The lowest BCUT2D eigenvalue weighted by Crippen LogP contribution is -2.24. The Morgan fingerprint density at radius 3 is 2.50 bits per heavy atom. The number of hydrogen-bond donors (Lipinski definition) is 4. The lowest BCUT2D eigenvalue weighted by atomic mass is 10.1. The lowest BCUT2D eigenvalue weighted by Gasteiger charge is -2.05. The molecule has 0 fully saturated rings. The predicted octanol–water partition coefficient (Wildman–Crippen LogP) is 0.528. The average molecular weight is 246 g/mol. The molecule has 0 unspecified atom stereocenters. The smallest absolute Gasteiger partial charge is 0.264 e.